The Morgan fingerprint density at radius 1 is 1.53 bits per heavy atom. The molecule has 0 spiro atoms. The molecule has 1 aliphatic rings. The van der Waals surface area contributed by atoms with E-state index in [1.807, 2.05) is 34.6 Å². The molecular formula is C12H24N2O3. The number of carbonyl (C=O) groups is 1. The van der Waals surface area contributed by atoms with Crippen molar-refractivity contribution in [2.24, 2.45) is 0 Å². The highest BCUT2D eigenvalue weighted by atomic mass is 16.5. The van der Waals surface area contributed by atoms with Crippen molar-refractivity contribution in [1.82, 2.24) is 10.2 Å². The number of nitrogens with zero attached hydrogens (tertiary/aromatic N) is 1. The predicted molar refractivity (Wildman–Crippen MR) is 65.9 cm³/mol. The highest BCUT2D eigenvalue weighted by molar-refractivity contribution is 5.75. The van der Waals surface area contributed by atoms with Crippen LogP contribution in [0.1, 0.15) is 34.6 Å². The van der Waals surface area contributed by atoms with Crippen LogP contribution in [-0.4, -0.2) is 53.0 Å². The van der Waals surface area contributed by atoms with Gasteiger partial charge in [0.15, 0.2) is 0 Å². The minimum absolute atomic E-state index is 0.0667. The molecular weight excluding hydrogens is 220 g/mol. The van der Waals surface area contributed by atoms with Crippen LogP contribution in [0, 0.1) is 0 Å². The van der Waals surface area contributed by atoms with E-state index in [4.69, 9.17) is 4.74 Å². The summed E-state index contributed by atoms with van der Waals surface area (Å²) in [5, 5.41) is 12.1. The standard InChI is InChI=1S/C12H24N2O3/c1-11(2,3)13-10(16)14-6-9(7-15)17-12(4,5)8-14/h9,15H,6-8H2,1-5H3,(H,13,16). The molecule has 1 saturated heterocycles. The molecule has 1 atom stereocenters. The van der Waals surface area contributed by atoms with E-state index in [-0.39, 0.29) is 24.3 Å². The fourth-order valence-electron chi connectivity index (χ4n) is 1.95. The Morgan fingerprint density at radius 2 is 2.12 bits per heavy atom. The number of amides is 2. The number of nitrogens with one attached hydrogen (secondary N) is 1. The summed E-state index contributed by atoms with van der Waals surface area (Å²) in [7, 11) is 0. The molecule has 1 aliphatic heterocycles. The van der Waals surface area contributed by atoms with Crippen LogP contribution in [0.4, 0.5) is 4.79 Å². The lowest BCUT2D eigenvalue weighted by Gasteiger charge is -2.43. The van der Waals surface area contributed by atoms with Crippen molar-refractivity contribution in [3.05, 3.63) is 0 Å². The fraction of sp³-hybridized carbons (Fsp3) is 0.917. The van der Waals surface area contributed by atoms with Gasteiger partial charge in [-0.1, -0.05) is 0 Å². The van der Waals surface area contributed by atoms with Gasteiger partial charge in [-0.3, -0.25) is 0 Å². The number of aliphatic hydroxyl groups is 1. The molecule has 1 fully saturated rings. The first-order valence-corrected chi connectivity index (χ1v) is 5.99. The van der Waals surface area contributed by atoms with Crippen LogP contribution < -0.4 is 5.32 Å². The quantitative estimate of drug-likeness (QED) is 0.722. The van der Waals surface area contributed by atoms with Gasteiger partial charge in [0, 0.05) is 5.54 Å². The highest BCUT2D eigenvalue weighted by Gasteiger charge is 2.36. The number of carbonyl (C=O) groups excluding carboxylic acids is 1. The van der Waals surface area contributed by atoms with Crippen molar-refractivity contribution in [3.8, 4) is 0 Å². The zero-order valence-electron chi connectivity index (χ0n) is 11.4. The Hall–Kier alpha value is -0.810. The van der Waals surface area contributed by atoms with E-state index in [0.717, 1.165) is 0 Å². The van der Waals surface area contributed by atoms with Gasteiger partial charge in [-0.15, -0.1) is 0 Å². The number of hydrogen-bond acceptors (Lipinski definition) is 3. The third-order valence-corrected chi connectivity index (χ3v) is 2.45. The molecule has 17 heavy (non-hydrogen) atoms. The van der Waals surface area contributed by atoms with Crippen molar-refractivity contribution in [3.63, 3.8) is 0 Å². The summed E-state index contributed by atoms with van der Waals surface area (Å²) in [6, 6.07) is -0.104. The second kappa shape index (κ2) is 4.82. The molecule has 1 rings (SSSR count). The zero-order chi connectivity index (χ0) is 13.3. The molecule has 0 aromatic heterocycles. The van der Waals surface area contributed by atoms with Crippen LogP contribution in [-0.2, 0) is 4.74 Å². The van der Waals surface area contributed by atoms with E-state index in [2.05, 4.69) is 5.32 Å². The van der Waals surface area contributed by atoms with Gasteiger partial charge in [-0.25, -0.2) is 4.79 Å². The third kappa shape index (κ3) is 4.52. The predicted octanol–water partition coefficient (Wildman–Crippen LogP) is 0.966. The van der Waals surface area contributed by atoms with Gasteiger partial charge in [-0.2, -0.15) is 0 Å². The summed E-state index contributed by atoms with van der Waals surface area (Å²) in [6.07, 6.45) is -0.301. The number of aliphatic hydroxyl groups excluding tert-OH is 1. The first-order chi connectivity index (χ1) is 7.63. The molecule has 100 valence electrons. The number of ether oxygens (including phenoxy) is 1. The van der Waals surface area contributed by atoms with Gasteiger partial charge in [0.05, 0.1) is 31.4 Å². The third-order valence-electron chi connectivity index (χ3n) is 2.45. The number of hydrogen-bond donors (Lipinski definition) is 2. The minimum Gasteiger partial charge on any atom is -0.394 e. The number of rotatable bonds is 1. The molecule has 0 radical (unpaired) electrons. The molecule has 0 aromatic carbocycles. The van der Waals surface area contributed by atoms with E-state index in [1.165, 1.54) is 0 Å². The van der Waals surface area contributed by atoms with Gasteiger partial charge in [-0.05, 0) is 34.6 Å². The summed E-state index contributed by atoms with van der Waals surface area (Å²) >= 11 is 0. The topological polar surface area (TPSA) is 61.8 Å². The van der Waals surface area contributed by atoms with Crippen LogP contribution in [0.15, 0.2) is 0 Å². The maximum Gasteiger partial charge on any atom is 0.317 e. The first kappa shape index (κ1) is 14.3. The highest BCUT2D eigenvalue weighted by Crippen LogP contribution is 2.21. The smallest absolute Gasteiger partial charge is 0.317 e. The van der Waals surface area contributed by atoms with E-state index >= 15 is 0 Å². The molecule has 5 heteroatoms. The number of morpholine rings is 1. The molecule has 0 saturated carbocycles. The molecule has 1 unspecified atom stereocenters. The van der Waals surface area contributed by atoms with Crippen molar-refractivity contribution in [2.45, 2.75) is 51.9 Å². The van der Waals surface area contributed by atoms with Crippen molar-refractivity contribution in [2.75, 3.05) is 19.7 Å². The van der Waals surface area contributed by atoms with Crippen LogP contribution in [0.2, 0.25) is 0 Å². The molecule has 0 bridgehead atoms. The van der Waals surface area contributed by atoms with Gasteiger partial charge in [0.2, 0.25) is 0 Å². The Labute approximate surface area is 103 Å². The molecule has 5 nitrogen and oxygen atoms in total. The molecule has 0 aliphatic carbocycles. The maximum absolute atomic E-state index is 12.0. The van der Waals surface area contributed by atoms with Crippen molar-refractivity contribution >= 4 is 6.03 Å². The summed E-state index contributed by atoms with van der Waals surface area (Å²) in [5.41, 5.74) is -0.672. The van der Waals surface area contributed by atoms with Gasteiger partial charge in [0.25, 0.3) is 0 Å². The Balaban J connectivity index is 2.67. The zero-order valence-corrected chi connectivity index (χ0v) is 11.4. The Morgan fingerprint density at radius 3 is 2.59 bits per heavy atom. The Kier molecular flexibility index (Phi) is 4.04. The molecule has 0 aromatic rings. The van der Waals surface area contributed by atoms with E-state index in [9.17, 15) is 9.90 Å². The van der Waals surface area contributed by atoms with Crippen LogP contribution >= 0.6 is 0 Å². The van der Waals surface area contributed by atoms with Gasteiger partial charge in [0.1, 0.15) is 0 Å². The Bertz CT molecular complexity index is 284. The summed E-state index contributed by atoms with van der Waals surface area (Å²) in [5.74, 6) is 0. The average molecular weight is 244 g/mol. The van der Waals surface area contributed by atoms with Crippen molar-refractivity contribution < 1.29 is 14.6 Å². The molecule has 2 N–H and O–H groups in total. The lowest BCUT2D eigenvalue weighted by atomic mass is 10.1. The van der Waals surface area contributed by atoms with Gasteiger partial charge >= 0.3 is 6.03 Å². The van der Waals surface area contributed by atoms with Crippen LogP contribution in [0.3, 0.4) is 0 Å². The SMILES string of the molecule is CC(C)(C)NC(=O)N1CC(CO)OC(C)(C)C1. The van der Waals surface area contributed by atoms with E-state index in [1.54, 1.807) is 4.90 Å². The van der Waals surface area contributed by atoms with Crippen LogP contribution in [0.25, 0.3) is 0 Å². The molecule has 2 amide bonds. The monoisotopic (exact) mass is 244 g/mol. The number of urea groups is 1. The minimum atomic E-state index is -0.416. The maximum atomic E-state index is 12.0. The summed E-state index contributed by atoms with van der Waals surface area (Å²) < 4.78 is 5.66. The fourth-order valence-corrected chi connectivity index (χ4v) is 1.95. The lowest BCUT2D eigenvalue weighted by molar-refractivity contribution is -0.138. The molecule has 1 heterocycles. The second-order valence-corrected chi connectivity index (χ2v) is 6.24. The largest absolute Gasteiger partial charge is 0.394 e. The summed E-state index contributed by atoms with van der Waals surface area (Å²) in [4.78, 5) is 13.7. The first-order valence-electron chi connectivity index (χ1n) is 5.99. The van der Waals surface area contributed by atoms with E-state index < -0.39 is 5.60 Å². The van der Waals surface area contributed by atoms with Crippen molar-refractivity contribution in [1.29, 1.82) is 0 Å². The van der Waals surface area contributed by atoms with Crippen LogP contribution in [0.5, 0.6) is 0 Å². The second-order valence-electron chi connectivity index (χ2n) is 6.24. The lowest BCUT2D eigenvalue weighted by Crippen LogP contribution is -2.59. The average Bonchev–Trinajstić information content (AvgIpc) is 2.12. The summed E-state index contributed by atoms with van der Waals surface area (Å²) in [6.45, 7) is 10.6. The van der Waals surface area contributed by atoms with Gasteiger partial charge < -0.3 is 20.1 Å². The van der Waals surface area contributed by atoms with E-state index in [0.29, 0.717) is 13.1 Å². The normalized spacial score (nSPS) is 24.6.